The molecule has 2 bridgehead atoms. The highest BCUT2D eigenvalue weighted by atomic mass is 28.2. The molecular weight excluding hydrogens is 342 g/mol. The smallest absolute Gasteiger partial charge is 0.204 e. The summed E-state index contributed by atoms with van der Waals surface area (Å²) in [6.07, 6.45) is 8.93. The average Bonchev–Trinajstić information content (AvgIpc) is 2.95. The Morgan fingerprint density at radius 1 is 1.38 bits per heavy atom. The molecule has 5 heteroatoms. The van der Waals surface area contributed by atoms with Gasteiger partial charge in [-0.3, -0.25) is 0 Å². The number of ether oxygens (including phenoxy) is 1. The maximum atomic E-state index is 11.2. The van der Waals surface area contributed by atoms with Crippen LogP contribution >= 0.6 is 0 Å². The molecule has 1 spiro atoms. The van der Waals surface area contributed by atoms with Crippen molar-refractivity contribution >= 4 is 10.5 Å². The first-order valence-corrected chi connectivity index (χ1v) is 10.9. The first-order valence-electron chi connectivity index (χ1n) is 10.0. The lowest BCUT2D eigenvalue weighted by Crippen LogP contribution is -2.71. The maximum absolute atomic E-state index is 11.2. The summed E-state index contributed by atoms with van der Waals surface area (Å²) in [7, 11) is 2.89. The van der Waals surface area contributed by atoms with Crippen molar-refractivity contribution in [3.05, 3.63) is 35.4 Å². The number of aliphatic hydroxyl groups is 1. The largest absolute Gasteiger partial charge is 0.551 e. The lowest BCUT2D eigenvalue weighted by Gasteiger charge is -2.61. The zero-order valence-corrected chi connectivity index (χ0v) is 18.0. The first kappa shape index (κ1) is 16.8. The zero-order chi connectivity index (χ0) is 18.1. The molecule has 1 N–H and O–H groups in total. The van der Waals surface area contributed by atoms with Crippen LogP contribution in [0, 0.1) is 5.92 Å². The molecule has 0 unspecified atom stereocenters. The van der Waals surface area contributed by atoms with E-state index in [-0.39, 0.29) is 5.41 Å². The first-order chi connectivity index (χ1) is 12.6. The molecule has 2 aliphatic heterocycles. The molecular formula is C21H29NO3Si. The summed E-state index contributed by atoms with van der Waals surface area (Å²) >= 11 is 0. The second-order valence-electron chi connectivity index (χ2n) is 8.56. The Balaban J connectivity index is 1.81. The molecule has 0 aromatic heterocycles. The van der Waals surface area contributed by atoms with Crippen LogP contribution in [0.15, 0.2) is 24.3 Å². The van der Waals surface area contributed by atoms with E-state index >= 15 is 0 Å². The molecule has 5 rings (SSSR count). The molecule has 1 aromatic rings. The Hall–Kier alpha value is -1.30. The molecule has 0 amide bonds. The van der Waals surface area contributed by atoms with E-state index in [9.17, 15) is 5.11 Å². The van der Waals surface area contributed by atoms with Gasteiger partial charge in [-0.05, 0) is 50.9 Å². The SMILES string of the molecule is CCCC[C@@]12Oc3c(O[SiH3])ccc4c3[C@@]13CCN(C)[C@H](C4)[C@@H]3C=C[C@@H]2O. The van der Waals surface area contributed by atoms with Crippen molar-refractivity contribution in [2.75, 3.05) is 13.6 Å². The van der Waals surface area contributed by atoms with Gasteiger partial charge in [-0.1, -0.05) is 31.6 Å². The van der Waals surface area contributed by atoms with Gasteiger partial charge in [0.05, 0.1) is 5.41 Å². The van der Waals surface area contributed by atoms with Crippen molar-refractivity contribution in [1.29, 1.82) is 0 Å². The third-order valence-electron chi connectivity index (χ3n) is 7.63. The van der Waals surface area contributed by atoms with E-state index in [4.69, 9.17) is 9.16 Å². The molecule has 140 valence electrons. The van der Waals surface area contributed by atoms with Gasteiger partial charge < -0.3 is 19.2 Å². The van der Waals surface area contributed by atoms with Gasteiger partial charge in [-0.15, -0.1) is 0 Å². The van der Waals surface area contributed by atoms with Crippen molar-refractivity contribution in [3.8, 4) is 11.5 Å². The van der Waals surface area contributed by atoms with Crippen LogP contribution in [0.5, 0.6) is 11.5 Å². The van der Waals surface area contributed by atoms with E-state index in [0.717, 1.165) is 50.1 Å². The van der Waals surface area contributed by atoms with Crippen molar-refractivity contribution in [2.45, 2.75) is 62.2 Å². The summed E-state index contributed by atoms with van der Waals surface area (Å²) in [5.41, 5.74) is 2.10. The highest BCUT2D eigenvalue weighted by Crippen LogP contribution is 2.67. The minimum absolute atomic E-state index is 0.119. The third-order valence-corrected chi connectivity index (χ3v) is 8.07. The fraction of sp³-hybridized carbons (Fsp3) is 0.619. The van der Waals surface area contributed by atoms with Crippen molar-refractivity contribution in [3.63, 3.8) is 0 Å². The molecule has 5 atom stereocenters. The molecule has 4 aliphatic rings. The number of rotatable bonds is 4. The van der Waals surface area contributed by atoms with Gasteiger partial charge in [0.15, 0.2) is 5.75 Å². The van der Waals surface area contributed by atoms with Crippen LogP contribution in [-0.2, 0) is 11.8 Å². The van der Waals surface area contributed by atoms with Crippen LogP contribution in [-0.4, -0.2) is 51.8 Å². The second kappa shape index (κ2) is 5.60. The van der Waals surface area contributed by atoms with Crippen molar-refractivity contribution < 1.29 is 14.3 Å². The fourth-order valence-electron chi connectivity index (χ4n) is 6.45. The lowest BCUT2D eigenvalue weighted by atomic mass is 9.48. The Labute approximate surface area is 158 Å². The number of nitrogens with zero attached hydrogens (tertiary/aromatic N) is 1. The topological polar surface area (TPSA) is 41.9 Å². The molecule has 2 heterocycles. The molecule has 1 saturated heterocycles. The number of aliphatic hydroxyl groups excluding tert-OH is 1. The van der Waals surface area contributed by atoms with Crippen LogP contribution in [0.1, 0.15) is 43.7 Å². The maximum Gasteiger partial charge on any atom is 0.204 e. The number of unbranched alkanes of at least 4 members (excludes halogenated alkanes) is 1. The lowest BCUT2D eigenvalue weighted by molar-refractivity contribution is -0.126. The molecule has 0 radical (unpaired) electrons. The summed E-state index contributed by atoms with van der Waals surface area (Å²) in [6, 6.07) is 4.82. The minimum Gasteiger partial charge on any atom is -0.551 e. The Bertz CT molecular complexity index is 781. The number of hydrogen-bond acceptors (Lipinski definition) is 4. The van der Waals surface area contributed by atoms with Gasteiger partial charge in [-0.25, -0.2) is 0 Å². The van der Waals surface area contributed by atoms with E-state index in [1.54, 1.807) is 0 Å². The van der Waals surface area contributed by atoms with E-state index in [1.807, 2.05) is 6.08 Å². The molecule has 1 fully saturated rings. The summed E-state index contributed by atoms with van der Waals surface area (Å²) in [5.74, 6) is 2.21. The fourth-order valence-corrected chi connectivity index (χ4v) is 6.77. The predicted molar refractivity (Wildman–Crippen MR) is 105 cm³/mol. The third kappa shape index (κ3) is 1.77. The van der Waals surface area contributed by atoms with Gasteiger partial charge in [-0.2, -0.15) is 0 Å². The van der Waals surface area contributed by atoms with Crippen molar-refractivity contribution in [1.82, 2.24) is 4.90 Å². The van der Waals surface area contributed by atoms with Gasteiger partial charge in [0.2, 0.25) is 10.5 Å². The van der Waals surface area contributed by atoms with E-state index in [1.165, 1.54) is 11.1 Å². The number of hydrogen-bond donors (Lipinski definition) is 1. The van der Waals surface area contributed by atoms with Gasteiger partial charge in [0.25, 0.3) is 0 Å². The van der Waals surface area contributed by atoms with Gasteiger partial charge in [0, 0.05) is 17.5 Å². The second-order valence-corrected chi connectivity index (χ2v) is 8.96. The molecule has 2 aliphatic carbocycles. The van der Waals surface area contributed by atoms with E-state index in [0.29, 0.717) is 22.4 Å². The minimum atomic E-state index is -0.561. The van der Waals surface area contributed by atoms with Gasteiger partial charge >= 0.3 is 0 Å². The Morgan fingerprint density at radius 2 is 2.23 bits per heavy atom. The zero-order valence-electron chi connectivity index (χ0n) is 16.0. The average molecular weight is 372 g/mol. The van der Waals surface area contributed by atoms with E-state index < -0.39 is 11.7 Å². The standard InChI is InChI=1S/C21H29NO3Si/c1-3-4-9-21-17(23)8-6-14-15-12-13-5-7-16(25-26)19(24-21)18(13)20(14,21)10-11-22(15)2/h5-8,14-15,17,23H,3-4,9-12H2,1-2,26H3/t14-,15+,17-,20-,21-/m0/s1. The Kier molecular flexibility index (Phi) is 3.63. The van der Waals surface area contributed by atoms with Gasteiger partial charge in [0.1, 0.15) is 17.5 Å². The summed E-state index contributed by atoms with van der Waals surface area (Å²) in [6.45, 7) is 3.28. The number of likely N-dealkylation sites (N-methyl/N-ethyl adjacent to an activating group) is 1. The monoisotopic (exact) mass is 371 g/mol. The number of piperidine rings is 1. The molecule has 0 saturated carbocycles. The quantitative estimate of drug-likeness (QED) is 0.646. The Morgan fingerprint density at radius 3 is 3.00 bits per heavy atom. The van der Waals surface area contributed by atoms with E-state index in [2.05, 4.69) is 37.1 Å². The van der Waals surface area contributed by atoms with Crippen LogP contribution in [0.25, 0.3) is 0 Å². The molecule has 26 heavy (non-hydrogen) atoms. The summed E-state index contributed by atoms with van der Waals surface area (Å²) < 4.78 is 12.6. The molecule has 4 nitrogen and oxygen atoms in total. The van der Waals surface area contributed by atoms with Crippen molar-refractivity contribution in [2.24, 2.45) is 5.92 Å². The molecule has 1 aromatic carbocycles. The number of likely N-dealkylation sites (tertiary alicyclic amines) is 1. The normalized spacial score (nSPS) is 39.6. The van der Waals surface area contributed by atoms with Crippen LogP contribution < -0.4 is 9.16 Å². The van der Waals surface area contributed by atoms with Crippen LogP contribution in [0.3, 0.4) is 0 Å². The summed E-state index contributed by atoms with van der Waals surface area (Å²) in [5, 5.41) is 11.2. The summed E-state index contributed by atoms with van der Waals surface area (Å²) in [4.78, 5) is 2.51. The van der Waals surface area contributed by atoms with Crippen LogP contribution in [0.2, 0.25) is 0 Å². The number of benzene rings is 1. The van der Waals surface area contributed by atoms with Crippen LogP contribution in [0.4, 0.5) is 0 Å². The highest BCUT2D eigenvalue weighted by molar-refractivity contribution is 6.00. The predicted octanol–water partition coefficient (Wildman–Crippen LogP) is 1.71. The highest BCUT2D eigenvalue weighted by Gasteiger charge is 2.71.